The largest absolute Gasteiger partial charge is 0.176 e. The van der Waals surface area contributed by atoms with E-state index in [0.717, 1.165) is 5.92 Å². The summed E-state index contributed by atoms with van der Waals surface area (Å²) in [5, 5.41) is 0.707. The van der Waals surface area contributed by atoms with Gasteiger partial charge in [-0.15, -0.1) is 0 Å². The highest BCUT2D eigenvalue weighted by Crippen LogP contribution is 2.26. The van der Waals surface area contributed by atoms with Crippen molar-refractivity contribution in [3.63, 3.8) is 0 Å². The van der Waals surface area contributed by atoms with Crippen molar-refractivity contribution in [3.05, 3.63) is 0 Å². The Bertz CT molecular complexity index is 62.8. The first kappa shape index (κ1) is 6.47. The van der Waals surface area contributed by atoms with Gasteiger partial charge in [0.05, 0.1) is 0 Å². The molecule has 0 aromatic heterocycles. The van der Waals surface area contributed by atoms with E-state index in [0.29, 0.717) is 5.25 Å². The molecular formula is C7H14S. The molecule has 0 nitrogen and oxygen atoms in total. The average Bonchev–Trinajstić information content (AvgIpc) is 1.64. The molecule has 48 valence electrons. The van der Waals surface area contributed by atoms with Crippen molar-refractivity contribution in [1.82, 2.24) is 0 Å². The van der Waals surface area contributed by atoms with Gasteiger partial charge in [-0.25, -0.2) is 0 Å². The van der Waals surface area contributed by atoms with Crippen LogP contribution in [0, 0.1) is 5.92 Å². The fraction of sp³-hybridized carbons (Fsp3) is 1.00. The van der Waals surface area contributed by atoms with Crippen LogP contribution in [0.15, 0.2) is 0 Å². The monoisotopic (exact) mass is 130 g/mol. The van der Waals surface area contributed by atoms with Gasteiger partial charge in [0, 0.05) is 5.25 Å². The van der Waals surface area contributed by atoms with E-state index in [1.165, 1.54) is 25.7 Å². The van der Waals surface area contributed by atoms with E-state index in [-0.39, 0.29) is 0 Å². The third-order valence-corrected chi connectivity index (χ3v) is 2.38. The third kappa shape index (κ3) is 1.70. The normalized spacial score (nSPS) is 39.8. The average molecular weight is 130 g/mol. The molecule has 0 radical (unpaired) electrons. The molecule has 1 heteroatoms. The van der Waals surface area contributed by atoms with Crippen LogP contribution in [0.25, 0.3) is 0 Å². The molecule has 0 saturated heterocycles. The zero-order valence-corrected chi connectivity index (χ0v) is 6.32. The fourth-order valence-electron chi connectivity index (χ4n) is 1.40. The van der Waals surface area contributed by atoms with Gasteiger partial charge in [0.25, 0.3) is 0 Å². The van der Waals surface area contributed by atoms with Crippen LogP contribution in [-0.2, 0) is 0 Å². The maximum atomic E-state index is 4.42. The summed E-state index contributed by atoms with van der Waals surface area (Å²) in [6.45, 7) is 2.32. The Morgan fingerprint density at radius 3 is 2.50 bits per heavy atom. The summed E-state index contributed by atoms with van der Waals surface area (Å²) in [6.07, 6.45) is 5.50. The van der Waals surface area contributed by atoms with Gasteiger partial charge in [0.1, 0.15) is 0 Å². The minimum atomic E-state index is 0.707. The van der Waals surface area contributed by atoms with E-state index in [2.05, 4.69) is 19.6 Å². The van der Waals surface area contributed by atoms with Crippen molar-refractivity contribution in [2.45, 2.75) is 37.9 Å². The predicted octanol–water partition coefficient (Wildman–Crippen LogP) is 2.49. The second kappa shape index (κ2) is 2.77. The summed E-state index contributed by atoms with van der Waals surface area (Å²) >= 11 is 4.42. The molecule has 0 spiro atoms. The SMILES string of the molecule is C[C@H]1CCC[C@@H](S)C1. The Hall–Kier alpha value is 0.350. The number of thiol groups is 1. The first-order valence-electron chi connectivity index (χ1n) is 3.47. The first-order chi connectivity index (χ1) is 3.79. The van der Waals surface area contributed by atoms with Gasteiger partial charge in [-0.2, -0.15) is 12.6 Å². The van der Waals surface area contributed by atoms with E-state index in [9.17, 15) is 0 Å². The first-order valence-corrected chi connectivity index (χ1v) is 3.98. The number of rotatable bonds is 0. The summed E-state index contributed by atoms with van der Waals surface area (Å²) in [4.78, 5) is 0. The quantitative estimate of drug-likeness (QED) is 0.478. The third-order valence-electron chi connectivity index (χ3n) is 1.91. The van der Waals surface area contributed by atoms with E-state index in [4.69, 9.17) is 0 Å². The van der Waals surface area contributed by atoms with Crippen molar-refractivity contribution >= 4 is 12.6 Å². The Balaban J connectivity index is 2.23. The molecule has 0 aromatic rings. The highest BCUT2D eigenvalue weighted by molar-refractivity contribution is 7.80. The maximum absolute atomic E-state index is 4.42. The summed E-state index contributed by atoms with van der Waals surface area (Å²) in [7, 11) is 0. The Labute approximate surface area is 57.1 Å². The molecule has 0 aromatic carbocycles. The van der Waals surface area contributed by atoms with Crippen LogP contribution in [0.4, 0.5) is 0 Å². The highest BCUT2D eigenvalue weighted by atomic mass is 32.1. The summed E-state index contributed by atoms with van der Waals surface area (Å²) < 4.78 is 0. The van der Waals surface area contributed by atoms with Gasteiger partial charge < -0.3 is 0 Å². The van der Waals surface area contributed by atoms with E-state index in [1.807, 2.05) is 0 Å². The summed E-state index contributed by atoms with van der Waals surface area (Å²) in [5.74, 6) is 0.936. The molecule has 1 rings (SSSR count). The summed E-state index contributed by atoms with van der Waals surface area (Å²) in [5.41, 5.74) is 0. The second-order valence-corrected chi connectivity index (χ2v) is 3.66. The molecule has 1 saturated carbocycles. The van der Waals surface area contributed by atoms with Crippen LogP contribution in [0.1, 0.15) is 32.6 Å². The zero-order valence-electron chi connectivity index (χ0n) is 5.43. The molecule has 1 fully saturated rings. The van der Waals surface area contributed by atoms with Gasteiger partial charge in [-0.1, -0.05) is 19.8 Å². The second-order valence-electron chi connectivity index (χ2n) is 2.93. The maximum Gasteiger partial charge on any atom is 0.00193 e. The molecule has 0 aliphatic heterocycles. The molecule has 8 heavy (non-hydrogen) atoms. The van der Waals surface area contributed by atoms with E-state index < -0.39 is 0 Å². The lowest BCUT2D eigenvalue weighted by Crippen LogP contribution is -2.12. The zero-order chi connectivity index (χ0) is 5.98. The van der Waals surface area contributed by atoms with E-state index >= 15 is 0 Å². The highest BCUT2D eigenvalue weighted by Gasteiger charge is 2.14. The molecular weight excluding hydrogens is 116 g/mol. The van der Waals surface area contributed by atoms with Gasteiger partial charge in [0.2, 0.25) is 0 Å². The molecule has 2 atom stereocenters. The number of hydrogen-bond acceptors (Lipinski definition) is 1. The molecule has 0 unspecified atom stereocenters. The van der Waals surface area contributed by atoms with Crippen molar-refractivity contribution in [3.8, 4) is 0 Å². The molecule has 0 N–H and O–H groups in total. The van der Waals surface area contributed by atoms with Crippen LogP contribution in [-0.4, -0.2) is 5.25 Å². The Kier molecular flexibility index (Phi) is 2.24. The standard InChI is InChI=1S/C7H14S/c1-6-3-2-4-7(8)5-6/h6-8H,2-5H2,1H3/t6-,7+/m0/s1. The van der Waals surface area contributed by atoms with Gasteiger partial charge in [-0.05, 0) is 18.8 Å². The van der Waals surface area contributed by atoms with Gasteiger partial charge >= 0.3 is 0 Å². The van der Waals surface area contributed by atoms with Crippen molar-refractivity contribution < 1.29 is 0 Å². The van der Waals surface area contributed by atoms with Crippen molar-refractivity contribution in [1.29, 1.82) is 0 Å². The summed E-state index contributed by atoms with van der Waals surface area (Å²) in [6, 6.07) is 0. The van der Waals surface area contributed by atoms with Gasteiger partial charge in [-0.3, -0.25) is 0 Å². The Morgan fingerprint density at radius 1 is 1.38 bits per heavy atom. The van der Waals surface area contributed by atoms with E-state index in [1.54, 1.807) is 0 Å². The fourth-order valence-corrected chi connectivity index (χ4v) is 1.94. The van der Waals surface area contributed by atoms with Crippen LogP contribution in [0.3, 0.4) is 0 Å². The Morgan fingerprint density at radius 2 is 2.12 bits per heavy atom. The topological polar surface area (TPSA) is 0 Å². The molecule has 0 heterocycles. The van der Waals surface area contributed by atoms with Crippen LogP contribution < -0.4 is 0 Å². The van der Waals surface area contributed by atoms with Crippen LogP contribution in [0.5, 0.6) is 0 Å². The van der Waals surface area contributed by atoms with Gasteiger partial charge in [0.15, 0.2) is 0 Å². The number of hydrogen-bond donors (Lipinski definition) is 1. The van der Waals surface area contributed by atoms with Crippen LogP contribution in [0.2, 0.25) is 0 Å². The molecule has 0 amide bonds. The van der Waals surface area contributed by atoms with Crippen molar-refractivity contribution in [2.24, 2.45) is 5.92 Å². The predicted molar refractivity (Wildman–Crippen MR) is 40.4 cm³/mol. The lowest BCUT2D eigenvalue weighted by molar-refractivity contribution is 0.395. The smallest absolute Gasteiger partial charge is 0.00193 e. The minimum absolute atomic E-state index is 0.707. The minimum Gasteiger partial charge on any atom is -0.176 e. The van der Waals surface area contributed by atoms with Crippen molar-refractivity contribution in [2.75, 3.05) is 0 Å². The molecule has 0 bridgehead atoms. The lowest BCUT2D eigenvalue weighted by Gasteiger charge is -2.22. The lowest BCUT2D eigenvalue weighted by atomic mass is 9.91. The molecule has 1 aliphatic carbocycles. The van der Waals surface area contributed by atoms with Crippen LogP contribution >= 0.6 is 12.6 Å². The molecule has 1 aliphatic rings.